The van der Waals surface area contributed by atoms with Crippen LogP contribution in [0.4, 0.5) is 0 Å². The normalized spacial score (nSPS) is 13.6. The molecule has 1 aliphatic rings. The molecule has 0 spiro atoms. The molecule has 266 valence electrons. The molecule has 0 radical (unpaired) electrons. The Kier molecular flexibility index (Phi) is 13.1. The van der Waals surface area contributed by atoms with E-state index in [0.29, 0.717) is 18.1 Å². The maximum absolute atomic E-state index is 12.5. The fourth-order valence-electron chi connectivity index (χ4n) is 5.68. The first kappa shape index (κ1) is 38.1. The van der Waals surface area contributed by atoms with Crippen LogP contribution in [0.2, 0.25) is 5.02 Å². The van der Waals surface area contributed by atoms with Gasteiger partial charge in [-0.25, -0.2) is 4.79 Å². The summed E-state index contributed by atoms with van der Waals surface area (Å²) in [6.45, 7) is 18.1. The highest BCUT2D eigenvalue weighted by molar-refractivity contribution is 6.32. The predicted molar refractivity (Wildman–Crippen MR) is 205 cm³/mol. The van der Waals surface area contributed by atoms with Gasteiger partial charge in [-0.15, -0.1) is 0 Å². The Morgan fingerprint density at radius 1 is 1.00 bits per heavy atom. The Morgan fingerprint density at radius 3 is 2.31 bits per heavy atom. The number of nitrogens with zero attached hydrogens (tertiary/aromatic N) is 3. The number of aryl methyl sites for hydroxylation is 1. The maximum atomic E-state index is 12.5. The molecule has 0 bridgehead atoms. The second-order valence-corrected chi connectivity index (χ2v) is 15.4. The van der Waals surface area contributed by atoms with Gasteiger partial charge in [0.2, 0.25) is 0 Å². The summed E-state index contributed by atoms with van der Waals surface area (Å²) in [7, 11) is 0. The molecule has 49 heavy (non-hydrogen) atoms. The zero-order valence-electron chi connectivity index (χ0n) is 30.1. The first-order chi connectivity index (χ1) is 23.2. The molecule has 0 amide bonds. The Labute approximate surface area is 296 Å². The molecule has 5 rings (SSSR count). The lowest BCUT2D eigenvalue weighted by Gasteiger charge is -2.31. The molecule has 2 aromatic heterocycles. The molecule has 11 heteroatoms. The third-order valence-electron chi connectivity index (χ3n) is 8.78. The van der Waals surface area contributed by atoms with Gasteiger partial charge < -0.3 is 32.8 Å². The number of aliphatic imine (C=N–C) groups is 1. The molecule has 4 aromatic rings. The summed E-state index contributed by atoms with van der Waals surface area (Å²) in [6, 6.07) is 14.6. The van der Waals surface area contributed by atoms with Crippen LogP contribution in [-0.2, 0) is 23.8 Å². The van der Waals surface area contributed by atoms with Gasteiger partial charge in [-0.05, 0) is 84.6 Å². The first-order valence-corrected chi connectivity index (χ1v) is 17.8. The molecule has 9 N–H and O–H groups in total. The molecule has 0 atom stereocenters. The third-order valence-corrected chi connectivity index (χ3v) is 9.20. The largest absolute Gasteiger partial charge is 0.370 e. The van der Waals surface area contributed by atoms with E-state index >= 15 is 0 Å². The molecular formula is C38H56ClN9O. The number of hydrogen-bond acceptors (Lipinski definition) is 6. The smallest absolute Gasteiger partial charge is 0.354 e. The summed E-state index contributed by atoms with van der Waals surface area (Å²) in [4.78, 5) is 23.9. The van der Waals surface area contributed by atoms with Gasteiger partial charge in [-0.1, -0.05) is 77.4 Å². The van der Waals surface area contributed by atoms with E-state index in [-0.39, 0.29) is 22.5 Å². The van der Waals surface area contributed by atoms with Crippen molar-refractivity contribution in [1.82, 2.24) is 25.2 Å². The molecule has 1 fully saturated rings. The van der Waals surface area contributed by atoms with Crippen LogP contribution >= 0.6 is 11.6 Å². The Morgan fingerprint density at radius 2 is 1.71 bits per heavy atom. The molecule has 10 nitrogen and oxygen atoms in total. The summed E-state index contributed by atoms with van der Waals surface area (Å²) in [6.07, 6.45) is 6.06. The van der Waals surface area contributed by atoms with Crippen molar-refractivity contribution in [3.05, 3.63) is 92.1 Å². The van der Waals surface area contributed by atoms with Gasteiger partial charge in [-0.3, -0.25) is 9.56 Å². The lowest BCUT2D eigenvalue weighted by molar-refractivity contribution is 0.447. The number of nitrogens with two attached hydrogens (primary N) is 3. The van der Waals surface area contributed by atoms with Gasteiger partial charge in [0, 0.05) is 59.8 Å². The van der Waals surface area contributed by atoms with Crippen molar-refractivity contribution < 1.29 is 0 Å². The average Bonchev–Trinajstić information content (AvgIpc) is 3.43. The van der Waals surface area contributed by atoms with Crippen LogP contribution in [-0.4, -0.2) is 53.2 Å². The van der Waals surface area contributed by atoms with Gasteiger partial charge >= 0.3 is 5.69 Å². The molecular weight excluding hydrogens is 634 g/mol. The first-order valence-electron chi connectivity index (χ1n) is 17.4. The topological polar surface area (TPSA) is 165 Å². The SMILES string of the molecule is CC(C)(C)c1cc(CCCCN)cc(C2CNC2)c1Cl.CC(C)(C)c1cc2cn(-c3ccc(CNCCCN=C(N)N)cc3)c(=O)nc2[nH]1. The number of aromatic nitrogens is 3. The molecule has 1 aliphatic heterocycles. The Bertz CT molecular complexity index is 1750. The van der Waals surface area contributed by atoms with Gasteiger partial charge in [0.05, 0.1) is 5.69 Å². The van der Waals surface area contributed by atoms with Crippen molar-refractivity contribution in [3.8, 4) is 5.69 Å². The molecule has 1 saturated heterocycles. The molecule has 2 aromatic carbocycles. The number of guanidine groups is 1. The van der Waals surface area contributed by atoms with Crippen molar-refractivity contribution >= 4 is 28.6 Å². The van der Waals surface area contributed by atoms with Crippen LogP contribution in [0, 0.1) is 0 Å². The average molecular weight is 690 g/mol. The summed E-state index contributed by atoms with van der Waals surface area (Å²) >= 11 is 6.69. The van der Waals surface area contributed by atoms with E-state index in [1.807, 2.05) is 30.5 Å². The van der Waals surface area contributed by atoms with Gasteiger partial charge in [-0.2, -0.15) is 4.98 Å². The van der Waals surface area contributed by atoms with E-state index in [1.165, 1.54) is 16.7 Å². The summed E-state index contributed by atoms with van der Waals surface area (Å²) in [5.41, 5.74) is 23.6. The fourth-order valence-corrected chi connectivity index (χ4v) is 6.23. The van der Waals surface area contributed by atoms with E-state index in [0.717, 1.165) is 85.8 Å². The van der Waals surface area contributed by atoms with Crippen LogP contribution in [0.3, 0.4) is 0 Å². The fraction of sp³-hybridized carbons (Fsp3) is 0.500. The van der Waals surface area contributed by atoms with Gasteiger partial charge in [0.1, 0.15) is 5.65 Å². The number of fused-ring (bicyclic) bond motifs is 1. The lowest BCUT2D eigenvalue weighted by Crippen LogP contribution is -2.40. The number of nitrogens with one attached hydrogen (secondary N) is 3. The number of aromatic amines is 1. The van der Waals surface area contributed by atoms with Crippen molar-refractivity contribution in [2.45, 2.75) is 90.5 Å². The van der Waals surface area contributed by atoms with E-state index in [9.17, 15) is 4.79 Å². The monoisotopic (exact) mass is 689 g/mol. The molecule has 3 heterocycles. The highest BCUT2D eigenvalue weighted by Gasteiger charge is 2.27. The summed E-state index contributed by atoms with van der Waals surface area (Å²) in [5.74, 6) is 0.704. The number of unbranched alkanes of at least 4 members (excludes halogenated alkanes) is 1. The predicted octanol–water partition coefficient (Wildman–Crippen LogP) is 5.37. The number of H-pyrrole nitrogens is 1. The number of halogens is 1. The zero-order chi connectivity index (χ0) is 35.8. The van der Waals surface area contributed by atoms with Crippen LogP contribution in [0.1, 0.15) is 94.7 Å². The molecule has 0 unspecified atom stereocenters. The number of rotatable bonds is 12. The summed E-state index contributed by atoms with van der Waals surface area (Å²) < 4.78 is 1.58. The standard InChI is InChI=1S/C21H29N7O.C17H27ClN2/c1-21(2,3)17-11-15-13-28(20(29)27-18(15)26-17)16-7-5-14(6-8-16)12-24-9-4-10-25-19(22)23;1-17(2,3)15-9-12(6-4-5-7-19)8-14(16(15)18)13-10-20-11-13/h5-8,11,13,24H,4,9-10,12H2,1-3H3,(H4,22,23,25)(H,26,27,29);8-9,13,20H,4-7,10-11,19H2,1-3H3. The second kappa shape index (κ2) is 16.8. The minimum absolute atomic E-state index is 0.0352. The lowest BCUT2D eigenvalue weighted by atomic mass is 9.81. The maximum Gasteiger partial charge on any atom is 0.354 e. The Balaban J connectivity index is 0.000000237. The van der Waals surface area contributed by atoms with E-state index < -0.39 is 0 Å². The number of benzene rings is 2. The minimum atomic E-state index is -0.301. The second-order valence-electron chi connectivity index (χ2n) is 15.0. The van der Waals surface area contributed by atoms with E-state index in [2.05, 4.69) is 85.3 Å². The van der Waals surface area contributed by atoms with Crippen LogP contribution in [0.25, 0.3) is 16.7 Å². The van der Waals surface area contributed by atoms with E-state index in [1.54, 1.807) is 4.57 Å². The van der Waals surface area contributed by atoms with Crippen molar-refractivity contribution in [2.24, 2.45) is 22.2 Å². The van der Waals surface area contributed by atoms with Crippen molar-refractivity contribution in [2.75, 3.05) is 32.7 Å². The van der Waals surface area contributed by atoms with E-state index in [4.69, 9.17) is 28.8 Å². The molecule has 0 saturated carbocycles. The van der Waals surface area contributed by atoms with Gasteiger partial charge in [0.25, 0.3) is 0 Å². The number of hydrogen-bond donors (Lipinski definition) is 6. The quantitative estimate of drug-likeness (QED) is 0.0661. The highest BCUT2D eigenvalue weighted by Crippen LogP contribution is 2.37. The molecule has 0 aliphatic carbocycles. The van der Waals surface area contributed by atoms with Crippen LogP contribution in [0.5, 0.6) is 0 Å². The van der Waals surface area contributed by atoms with Crippen LogP contribution < -0.4 is 33.5 Å². The highest BCUT2D eigenvalue weighted by atomic mass is 35.5. The third kappa shape index (κ3) is 10.6. The Hall–Kier alpha value is -3.70. The van der Waals surface area contributed by atoms with Gasteiger partial charge in [0.15, 0.2) is 5.96 Å². The zero-order valence-corrected chi connectivity index (χ0v) is 30.9. The van der Waals surface area contributed by atoms with Crippen LogP contribution in [0.15, 0.2) is 58.4 Å². The van der Waals surface area contributed by atoms with Crippen molar-refractivity contribution in [1.29, 1.82) is 0 Å². The van der Waals surface area contributed by atoms with Crippen molar-refractivity contribution in [3.63, 3.8) is 0 Å². The summed E-state index contributed by atoms with van der Waals surface area (Å²) in [5, 5.41) is 8.59. The minimum Gasteiger partial charge on any atom is -0.370 e.